The van der Waals surface area contributed by atoms with Crippen LogP contribution in [0.15, 0.2) is 235 Å². The Labute approximate surface area is 513 Å². The Balaban J connectivity index is 0.000000414. The molecule has 20 heteroatoms. The van der Waals surface area contributed by atoms with E-state index in [9.17, 15) is 47.9 Å². The second-order valence-electron chi connectivity index (χ2n) is 18.6. The molecule has 0 radical (unpaired) electrons. The van der Waals surface area contributed by atoms with Crippen LogP contribution in [0.2, 0.25) is 0 Å². The highest BCUT2D eigenvalue weighted by Crippen LogP contribution is 2.11. The van der Waals surface area contributed by atoms with Gasteiger partial charge in [-0.15, -0.1) is 0 Å². The number of allylic oxidation sites excluding steroid dienone is 10. The van der Waals surface area contributed by atoms with Crippen molar-refractivity contribution in [2.24, 2.45) is 5.92 Å². The lowest BCUT2D eigenvalue weighted by Gasteiger charge is -2.17. The third-order valence-electron chi connectivity index (χ3n) is 11.3. The maximum absolute atomic E-state index is 12.3. The lowest BCUT2D eigenvalue weighted by atomic mass is 10.0. The second-order valence-corrected chi connectivity index (χ2v) is 18.6. The van der Waals surface area contributed by atoms with E-state index in [0.717, 1.165) is 12.0 Å². The number of benzene rings is 5. The van der Waals surface area contributed by atoms with E-state index < -0.39 is 47.7 Å². The third-order valence-corrected chi connectivity index (χ3v) is 11.3. The maximum Gasteiger partial charge on any atom is 0.354 e. The molecule has 0 spiro atoms. The summed E-state index contributed by atoms with van der Waals surface area (Å²) in [4.78, 5) is 119. The molecular formula is C68H75N5O15. The summed E-state index contributed by atoms with van der Waals surface area (Å²) in [5.41, 5.74) is 3.23. The molecule has 0 aromatic heterocycles. The van der Waals surface area contributed by atoms with E-state index in [0.29, 0.717) is 40.2 Å². The van der Waals surface area contributed by atoms with Crippen LogP contribution in [0.25, 0.3) is 0 Å². The maximum atomic E-state index is 12.3. The van der Waals surface area contributed by atoms with E-state index in [1.807, 2.05) is 39.0 Å². The standard InChI is InChI=1S/C24H22N2O6.C15H21NO3.C15H17NO3.C14H15NO3/c1-31-23(29)19(25-21(27)17-11-5-3-6-12-17)15-9-10-16-20(24(30)32-2)26-22(28)18-13-7-4-8-14-18;2*1-11(2)9-10-13(15(18)19-3)16-14(17)12-7-5-4-6-8-12;1-3-4-10-12(14(17)18-2)15-13(16)11-8-6-5-7-9-11/h3-16H,1-2H3,(H,25,27)(H,26,28);4-8,11,13H,9-10H2,1-3H3,(H,16,17);4-10H,1-3H3,(H,16,17);3-10H,1-2H3,(H,15,16)/b10-9?,19-15-,20-16?;;13-10-;4-3?,12-10-. The zero-order valence-electron chi connectivity index (χ0n) is 50.8. The Hall–Kier alpha value is -11.0. The Morgan fingerprint density at radius 3 is 0.886 bits per heavy atom. The number of carbonyl (C=O) groups is 10. The number of carbonyl (C=O) groups excluding carboxylic acids is 10. The van der Waals surface area contributed by atoms with Crippen LogP contribution in [0.3, 0.4) is 0 Å². The van der Waals surface area contributed by atoms with Crippen molar-refractivity contribution in [3.63, 3.8) is 0 Å². The fraction of sp³-hybridized carbons (Fsp3) is 0.206. The predicted molar refractivity (Wildman–Crippen MR) is 333 cm³/mol. The second kappa shape index (κ2) is 41.9. The molecule has 5 aromatic rings. The van der Waals surface area contributed by atoms with Crippen molar-refractivity contribution in [3.8, 4) is 0 Å². The number of hydrogen-bond donors (Lipinski definition) is 5. The van der Waals surface area contributed by atoms with Crippen molar-refractivity contribution < 1.29 is 71.6 Å². The van der Waals surface area contributed by atoms with Crippen LogP contribution in [-0.4, -0.2) is 101 Å². The van der Waals surface area contributed by atoms with Gasteiger partial charge < -0.3 is 50.3 Å². The molecule has 1 unspecified atom stereocenters. The Bertz CT molecular complexity index is 3230. The first-order chi connectivity index (χ1) is 42.2. The minimum atomic E-state index is -0.756. The van der Waals surface area contributed by atoms with E-state index in [1.165, 1.54) is 72.0 Å². The molecule has 88 heavy (non-hydrogen) atoms. The third kappa shape index (κ3) is 28.5. The highest BCUT2D eigenvalue weighted by Gasteiger charge is 2.23. The summed E-state index contributed by atoms with van der Waals surface area (Å²) in [5, 5.41) is 12.7. The summed E-state index contributed by atoms with van der Waals surface area (Å²) in [5.74, 6) is -4.53. The van der Waals surface area contributed by atoms with Crippen LogP contribution in [0.1, 0.15) is 99.3 Å². The smallest absolute Gasteiger partial charge is 0.354 e. The van der Waals surface area contributed by atoms with E-state index in [4.69, 9.17) is 4.74 Å². The van der Waals surface area contributed by atoms with Gasteiger partial charge in [-0.25, -0.2) is 24.0 Å². The molecule has 0 aliphatic carbocycles. The number of rotatable bonds is 22. The predicted octanol–water partition coefficient (Wildman–Crippen LogP) is 9.40. The summed E-state index contributed by atoms with van der Waals surface area (Å²) >= 11 is 0. The van der Waals surface area contributed by atoms with Gasteiger partial charge in [0, 0.05) is 27.8 Å². The van der Waals surface area contributed by atoms with Gasteiger partial charge in [0.1, 0.15) is 28.8 Å². The van der Waals surface area contributed by atoms with Gasteiger partial charge in [0.15, 0.2) is 0 Å². The highest BCUT2D eigenvalue weighted by molar-refractivity contribution is 6.04. The molecule has 0 aliphatic heterocycles. The molecule has 5 aromatic carbocycles. The highest BCUT2D eigenvalue weighted by atomic mass is 16.5. The lowest BCUT2D eigenvalue weighted by molar-refractivity contribution is -0.143. The molecule has 5 amide bonds. The molecule has 0 heterocycles. The number of esters is 5. The largest absolute Gasteiger partial charge is 0.467 e. The van der Waals surface area contributed by atoms with Crippen molar-refractivity contribution in [3.05, 3.63) is 263 Å². The van der Waals surface area contributed by atoms with Gasteiger partial charge >= 0.3 is 29.8 Å². The summed E-state index contributed by atoms with van der Waals surface area (Å²) in [7, 11) is 6.24. The first-order valence-electron chi connectivity index (χ1n) is 27.2. The van der Waals surface area contributed by atoms with Gasteiger partial charge in [-0.3, -0.25) is 24.0 Å². The van der Waals surface area contributed by atoms with Gasteiger partial charge in [-0.1, -0.05) is 141 Å². The molecule has 1 atom stereocenters. The summed E-state index contributed by atoms with van der Waals surface area (Å²) in [6.07, 6.45) is 15.0. The zero-order chi connectivity index (χ0) is 65.2. The van der Waals surface area contributed by atoms with Crippen molar-refractivity contribution >= 4 is 59.4 Å². The van der Waals surface area contributed by atoms with Gasteiger partial charge in [0.05, 0.1) is 35.5 Å². The molecule has 0 aliphatic rings. The number of hydrogen-bond acceptors (Lipinski definition) is 15. The number of amides is 5. The minimum Gasteiger partial charge on any atom is -0.467 e. The molecule has 5 N–H and O–H groups in total. The fourth-order valence-corrected chi connectivity index (χ4v) is 6.69. The molecular weight excluding hydrogens is 1130 g/mol. The SMILES string of the molecule is CC=C/C=C(\NC(=O)c1ccccc1)C(=O)OC.COC(=O)/C(=C/C=C(C)C)NC(=O)c1ccccc1.COC(=O)C(=CC=C/C=C(\NC(=O)c1ccccc1)C(=O)OC)NC(=O)c1ccccc1.COC(=O)C(CCC(C)C)NC(=O)c1ccccc1. The quantitative estimate of drug-likeness (QED) is 0.0187. The molecule has 5 rings (SSSR count). The van der Waals surface area contributed by atoms with Crippen molar-refractivity contribution in [1.82, 2.24) is 26.6 Å². The summed E-state index contributed by atoms with van der Waals surface area (Å²) < 4.78 is 23.3. The van der Waals surface area contributed by atoms with Gasteiger partial charge in [0.25, 0.3) is 29.5 Å². The average molecular weight is 1200 g/mol. The van der Waals surface area contributed by atoms with E-state index in [2.05, 4.69) is 59.4 Å². The van der Waals surface area contributed by atoms with E-state index >= 15 is 0 Å². The first kappa shape index (κ1) is 73.1. The first-order valence-corrected chi connectivity index (χ1v) is 27.2. The van der Waals surface area contributed by atoms with Crippen LogP contribution in [0, 0.1) is 5.92 Å². The Morgan fingerprint density at radius 2 is 0.636 bits per heavy atom. The van der Waals surface area contributed by atoms with Gasteiger partial charge in [0.2, 0.25) is 0 Å². The molecule has 0 saturated carbocycles. The van der Waals surface area contributed by atoms with Crippen molar-refractivity contribution in [1.29, 1.82) is 0 Å². The van der Waals surface area contributed by atoms with Crippen LogP contribution >= 0.6 is 0 Å². The zero-order valence-corrected chi connectivity index (χ0v) is 50.8. The van der Waals surface area contributed by atoms with Gasteiger partial charge in [-0.05, 0) is 124 Å². The van der Waals surface area contributed by atoms with Crippen LogP contribution in [-0.2, 0) is 47.7 Å². The molecule has 462 valence electrons. The average Bonchev–Trinajstić information content (AvgIpc) is 3.73. The van der Waals surface area contributed by atoms with Crippen LogP contribution < -0.4 is 26.6 Å². The number of methoxy groups -OCH3 is 5. The molecule has 0 bridgehead atoms. The molecule has 0 saturated heterocycles. The Kier molecular flexibility index (Phi) is 34.8. The summed E-state index contributed by atoms with van der Waals surface area (Å²) in [6.45, 7) is 9.75. The summed E-state index contributed by atoms with van der Waals surface area (Å²) in [6, 6.07) is 42.3. The monoisotopic (exact) mass is 1200 g/mol. The van der Waals surface area contributed by atoms with Gasteiger partial charge in [-0.2, -0.15) is 0 Å². The van der Waals surface area contributed by atoms with E-state index in [1.54, 1.807) is 152 Å². The Morgan fingerprint density at radius 1 is 0.364 bits per heavy atom. The lowest BCUT2D eigenvalue weighted by Crippen LogP contribution is -2.41. The minimum absolute atomic E-state index is 0.101. The molecule has 0 fully saturated rings. The fourth-order valence-electron chi connectivity index (χ4n) is 6.69. The number of ether oxygens (including phenoxy) is 5. The van der Waals surface area contributed by atoms with Crippen molar-refractivity contribution in [2.45, 2.75) is 53.5 Å². The molecule has 20 nitrogen and oxygen atoms in total. The van der Waals surface area contributed by atoms with Crippen LogP contribution in [0.5, 0.6) is 0 Å². The number of nitrogens with one attached hydrogen (secondary N) is 5. The topological polar surface area (TPSA) is 277 Å². The van der Waals surface area contributed by atoms with Crippen LogP contribution in [0.4, 0.5) is 0 Å². The van der Waals surface area contributed by atoms with E-state index in [-0.39, 0.29) is 40.5 Å². The van der Waals surface area contributed by atoms with Crippen molar-refractivity contribution in [2.75, 3.05) is 35.5 Å². The normalized spacial score (nSPS) is 11.4.